The Hall–Kier alpha value is -5.50. The van der Waals surface area contributed by atoms with Gasteiger partial charge in [-0.15, -0.1) is 0 Å². The van der Waals surface area contributed by atoms with Crippen LogP contribution in [-0.2, 0) is 0 Å². The van der Waals surface area contributed by atoms with Crippen molar-refractivity contribution < 1.29 is 0 Å². The van der Waals surface area contributed by atoms with E-state index >= 15 is 0 Å². The van der Waals surface area contributed by atoms with E-state index in [-0.39, 0.29) is 11.1 Å². The molecule has 0 N–H and O–H groups in total. The second-order valence-electron chi connectivity index (χ2n) is 9.22. The van der Waals surface area contributed by atoms with Crippen LogP contribution >= 0.6 is 0 Å². The molecule has 0 aliphatic heterocycles. The van der Waals surface area contributed by atoms with E-state index in [0.29, 0.717) is 56.0 Å². The monoisotopic (exact) mass is 524 g/mol. The number of benzene rings is 4. The first-order chi connectivity index (χ1) is 19.5. The zero-order valence-corrected chi connectivity index (χ0v) is 21.9. The van der Waals surface area contributed by atoms with Gasteiger partial charge in [-0.25, -0.2) is 9.97 Å². The molecule has 6 rings (SSSR count). The first-order valence-corrected chi connectivity index (χ1v) is 12.8. The van der Waals surface area contributed by atoms with Crippen molar-refractivity contribution in [3.05, 3.63) is 153 Å². The summed E-state index contributed by atoms with van der Waals surface area (Å²) in [5.41, 5.74) is 2.81. The van der Waals surface area contributed by atoms with Gasteiger partial charge in [0.15, 0.2) is 0 Å². The van der Waals surface area contributed by atoms with E-state index < -0.39 is 0 Å². The van der Waals surface area contributed by atoms with Gasteiger partial charge in [-0.2, -0.15) is 19.6 Å². The van der Waals surface area contributed by atoms with Crippen LogP contribution in [0.2, 0.25) is 0 Å². The lowest BCUT2D eigenvalue weighted by molar-refractivity contribution is 0.761. The second-order valence-corrected chi connectivity index (χ2v) is 9.22. The molecule has 194 valence electrons. The molecule has 0 bridgehead atoms. The van der Waals surface area contributed by atoms with Crippen LogP contribution in [-0.4, -0.2) is 30.7 Å². The number of nitrogens with zero attached hydrogens (tertiary/aromatic N) is 6. The lowest BCUT2D eigenvalue weighted by atomic mass is 10.00. The number of aromatic nitrogens is 4. The van der Waals surface area contributed by atoms with Crippen molar-refractivity contribution >= 4 is 33.2 Å². The van der Waals surface area contributed by atoms with Crippen LogP contribution in [0.5, 0.6) is 0 Å². The molecule has 0 atom stereocenters. The molecule has 0 unspecified atom stereocenters. The Kier molecular flexibility index (Phi) is 6.41. The molecule has 0 fully saturated rings. The molecule has 8 nitrogen and oxygen atoms in total. The molecule has 0 saturated heterocycles. The molecule has 2 aromatic heterocycles. The number of para-hydroxylation sites is 2. The first kappa shape index (κ1) is 24.8. The number of hydrogen-bond donors (Lipinski definition) is 0. The minimum Gasteiger partial charge on any atom is -0.267 e. The van der Waals surface area contributed by atoms with Gasteiger partial charge in [0, 0.05) is 11.1 Å². The van der Waals surface area contributed by atoms with Crippen LogP contribution in [0, 0.1) is 13.8 Å². The predicted octanol–water partition coefficient (Wildman–Crippen LogP) is 4.93. The van der Waals surface area contributed by atoms with Gasteiger partial charge < -0.3 is 0 Å². The van der Waals surface area contributed by atoms with Crippen LogP contribution in [0.1, 0.15) is 22.8 Å². The molecule has 0 spiro atoms. The number of rotatable bonds is 5. The standard InChI is InChI=1S/C32H24N6O2/c1-21-33-27-19-11-9-17-25(27)31(39)37(21)35-29(23-13-5-3-6-14-23)30(24-15-7-4-8-16-24)36-38-22(2)34-28-20-12-10-18-26(28)32(38)40/h3-20H,1-2H3/b35-29-,36-30-. The maximum Gasteiger partial charge on any atom is 0.282 e. The zero-order valence-electron chi connectivity index (χ0n) is 21.9. The topological polar surface area (TPSA) is 94.5 Å². The number of aryl methyl sites for hydroxylation is 2. The lowest BCUT2D eigenvalue weighted by Gasteiger charge is -2.14. The van der Waals surface area contributed by atoms with Gasteiger partial charge in [0.25, 0.3) is 11.1 Å². The molecular formula is C32H24N6O2. The fourth-order valence-corrected chi connectivity index (χ4v) is 4.58. The van der Waals surface area contributed by atoms with Crippen molar-refractivity contribution in [2.75, 3.05) is 0 Å². The maximum atomic E-state index is 13.6. The van der Waals surface area contributed by atoms with Crippen LogP contribution in [0.3, 0.4) is 0 Å². The summed E-state index contributed by atoms with van der Waals surface area (Å²) in [6.07, 6.45) is 0. The van der Waals surface area contributed by atoms with Gasteiger partial charge in [0.05, 0.1) is 21.8 Å². The van der Waals surface area contributed by atoms with E-state index in [1.165, 1.54) is 9.35 Å². The summed E-state index contributed by atoms with van der Waals surface area (Å²) in [6, 6.07) is 33.2. The van der Waals surface area contributed by atoms with Crippen LogP contribution < -0.4 is 11.1 Å². The summed E-state index contributed by atoms with van der Waals surface area (Å²) in [5.74, 6) is 0.843. The average Bonchev–Trinajstić information content (AvgIpc) is 2.99. The molecule has 40 heavy (non-hydrogen) atoms. The summed E-state index contributed by atoms with van der Waals surface area (Å²) in [7, 11) is 0. The summed E-state index contributed by atoms with van der Waals surface area (Å²) in [4.78, 5) is 36.4. The maximum absolute atomic E-state index is 13.6. The van der Waals surface area contributed by atoms with E-state index in [9.17, 15) is 9.59 Å². The average molecular weight is 525 g/mol. The molecule has 0 saturated carbocycles. The summed E-state index contributed by atoms with van der Waals surface area (Å²) in [5, 5.41) is 10.6. The molecule has 6 aromatic rings. The third kappa shape index (κ3) is 4.52. The molecule has 8 heteroatoms. The minimum atomic E-state index is -0.301. The minimum absolute atomic E-state index is 0.301. The van der Waals surface area contributed by atoms with Crippen molar-refractivity contribution in [3.8, 4) is 0 Å². The highest BCUT2D eigenvalue weighted by Gasteiger charge is 2.19. The zero-order chi connectivity index (χ0) is 27.6. The molecule has 0 radical (unpaired) electrons. The van der Waals surface area contributed by atoms with Gasteiger partial charge in [0.1, 0.15) is 23.1 Å². The van der Waals surface area contributed by atoms with Crippen molar-refractivity contribution in [2.24, 2.45) is 10.2 Å². The van der Waals surface area contributed by atoms with Crippen molar-refractivity contribution in [3.63, 3.8) is 0 Å². The van der Waals surface area contributed by atoms with Crippen molar-refractivity contribution in [1.29, 1.82) is 0 Å². The largest absolute Gasteiger partial charge is 0.282 e. The smallest absolute Gasteiger partial charge is 0.267 e. The molecule has 0 aliphatic carbocycles. The van der Waals surface area contributed by atoms with Gasteiger partial charge >= 0.3 is 0 Å². The molecule has 4 aromatic carbocycles. The van der Waals surface area contributed by atoms with Gasteiger partial charge in [-0.05, 0) is 38.1 Å². The van der Waals surface area contributed by atoms with Gasteiger partial charge in [-0.3, -0.25) is 9.59 Å². The summed E-state index contributed by atoms with van der Waals surface area (Å²) < 4.78 is 2.58. The number of hydrogen-bond acceptors (Lipinski definition) is 6. The van der Waals surface area contributed by atoms with Crippen molar-refractivity contribution in [2.45, 2.75) is 13.8 Å². The summed E-state index contributed by atoms with van der Waals surface area (Å²) >= 11 is 0. The predicted molar refractivity (Wildman–Crippen MR) is 158 cm³/mol. The van der Waals surface area contributed by atoms with E-state index in [2.05, 4.69) is 9.97 Å². The van der Waals surface area contributed by atoms with Gasteiger partial charge in [0.2, 0.25) is 0 Å². The highest BCUT2D eigenvalue weighted by Crippen LogP contribution is 2.15. The fourth-order valence-electron chi connectivity index (χ4n) is 4.58. The van der Waals surface area contributed by atoms with Crippen LogP contribution in [0.25, 0.3) is 21.8 Å². The van der Waals surface area contributed by atoms with Crippen LogP contribution in [0.15, 0.2) is 129 Å². The number of fused-ring (bicyclic) bond motifs is 2. The highest BCUT2D eigenvalue weighted by atomic mass is 16.1. The molecular weight excluding hydrogens is 500 g/mol. The van der Waals surface area contributed by atoms with E-state index in [4.69, 9.17) is 10.2 Å². The van der Waals surface area contributed by atoms with Gasteiger partial charge in [-0.1, -0.05) is 84.9 Å². The van der Waals surface area contributed by atoms with Crippen molar-refractivity contribution in [1.82, 2.24) is 19.3 Å². The Balaban J connectivity index is 1.69. The SMILES string of the molecule is Cc1nc2ccccc2c(=O)n1/N=C(\C(=N/n1c(C)nc2ccccc2c1=O)c1ccccc1)c1ccccc1. The summed E-state index contributed by atoms with van der Waals surface area (Å²) in [6.45, 7) is 3.47. The molecule has 0 amide bonds. The highest BCUT2D eigenvalue weighted by molar-refractivity contribution is 6.53. The third-order valence-corrected chi connectivity index (χ3v) is 6.55. The Labute approximate surface area is 229 Å². The molecule has 2 heterocycles. The normalized spacial score (nSPS) is 12.2. The van der Waals surface area contributed by atoms with Crippen LogP contribution in [0.4, 0.5) is 0 Å². The fraction of sp³-hybridized carbons (Fsp3) is 0.0625. The Morgan fingerprint density at radius 3 is 1.27 bits per heavy atom. The Morgan fingerprint density at radius 1 is 0.525 bits per heavy atom. The Morgan fingerprint density at radius 2 is 0.875 bits per heavy atom. The van der Waals surface area contributed by atoms with E-state index in [0.717, 1.165) is 0 Å². The second kappa shape index (κ2) is 10.3. The third-order valence-electron chi connectivity index (χ3n) is 6.55. The molecule has 0 aliphatic rings. The Bertz CT molecular complexity index is 1910. The quantitative estimate of drug-likeness (QED) is 0.299. The van der Waals surface area contributed by atoms with E-state index in [1.54, 1.807) is 50.2 Å². The first-order valence-electron chi connectivity index (χ1n) is 12.8. The lowest BCUT2D eigenvalue weighted by Crippen LogP contribution is -2.28. The van der Waals surface area contributed by atoms with E-state index in [1.807, 2.05) is 72.8 Å².